The van der Waals surface area contributed by atoms with Gasteiger partial charge < -0.3 is 5.73 Å². The highest BCUT2D eigenvalue weighted by molar-refractivity contribution is 7.98. The van der Waals surface area contributed by atoms with E-state index in [-0.39, 0.29) is 0 Å². The molecule has 0 aliphatic carbocycles. The van der Waals surface area contributed by atoms with Crippen LogP contribution in [0.4, 0.5) is 5.69 Å². The minimum atomic E-state index is 0.778. The van der Waals surface area contributed by atoms with Crippen LogP contribution in [0.3, 0.4) is 0 Å². The number of nitrogens with two attached hydrogens (primary N) is 1. The van der Waals surface area contributed by atoms with Gasteiger partial charge in [0.25, 0.3) is 0 Å². The highest BCUT2D eigenvalue weighted by Crippen LogP contribution is 2.22. The Morgan fingerprint density at radius 3 is 2.78 bits per heavy atom. The molecular formula is C12H17N5S. The van der Waals surface area contributed by atoms with Gasteiger partial charge in [-0.15, -0.1) is 16.9 Å². The fourth-order valence-electron chi connectivity index (χ4n) is 1.52. The maximum atomic E-state index is 5.65. The number of hydrogen-bond acceptors (Lipinski definition) is 5. The molecule has 0 fully saturated rings. The molecule has 0 aliphatic rings. The second-order valence-electron chi connectivity index (χ2n) is 4.03. The van der Waals surface area contributed by atoms with Crippen LogP contribution >= 0.6 is 11.8 Å². The Morgan fingerprint density at radius 1 is 1.28 bits per heavy atom. The van der Waals surface area contributed by atoms with Gasteiger partial charge in [0.2, 0.25) is 0 Å². The summed E-state index contributed by atoms with van der Waals surface area (Å²) in [4.78, 5) is 1.18. The van der Waals surface area contributed by atoms with Crippen LogP contribution in [0.2, 0.25) is 0 Å². The molecule has 1 aromatic carbocycles. The van der Waals surface area contributed by atoms with E-state index in [0.717, 1.165) is 36.7 Å². The molecule has 0 spiro atoms. The first-order valence-electron chi connectivity index (χ1n) is 6.03. The molecule has 1 heterocycles. The fraction of sp³-hybridized carbons (Fsp3) is 0.417. The van der Waals surface area contributed by atoms with Gasteiger partial charge in [-0.2, -0.15) is 0 Å². The van der Waals surface area contributed by atoms with Gasteiger partial charge in [0, 0.05) is 17.1 Å². The van der Waals surface area contributed by atoms with Crippen LogP contribution in [0.5, 0.6) is 0 Å². The van der Waals surface area contributed by atoms with Crippen LogP contribution in [0.25, 0.3) is 0 Å². The third-order valence-corrected chi connectivity index (χ3v) is 3.59. The summed E-state index contributed by atoms with van der Waals surface area (Å²) in [6, 6.07) is 7.84. The smallest absolute Gasteiger partial charge is 0.161 e. The first kappa shape index (κ1) is 12.9. The molecule has 96 valence electrons. The number of anilines is 1. The van der Waals surface area contributed by atoms with Crippen molar-refractivity contribution in [1.29, 1.82) is 0 Å². The number of nitrogens with zero attached hydrogens (tertiary/aromatic N) is 4. The number of thioether (sulfide) groups is 1. The van der Waals surface area contributed by atoms with Crippen molar-refractivity contribution in [3.8, 4) is 0 Å². The number of aryl methyl sites for hydroxylation is 1. The Hall–Kier alpha value is -1.56. The zero-order valence-corrected chi connectivity index (χ0v) is 11.2. The summed E-state index contributed by atoms with van der Waals surface area (Å²) < 4.78 is 1.88. The Bertz CT molecular complexity index is 479. The van der Waals surface area contributed by atoms with Crippen molar-refractivity contribution < 1.29 is 0 Å². The lowest BCUT2D eigenvalue weighted by Gasteiger charge is -2.04. The largest absolute Gasteiger partial charge is 0.399 e. The van der Waals surface area contributed by atoms with Gasteiger partial charge in [-0.25, -0.2) is 4.68 Å². The number of aromatic nitrogens is 4. The third kappa shape index (κ3) is 3.46. The van der Waals surface area contributed by atoms with Crippen LogP contribution in [0.1, 0.15) is 25.6 Å². The average Bonchev–Trinajstić information content (AvgIpc) is 2.83. The molecule has 0 saturated heterocycles. The van der Waals surface area contributed by atoms with Gasteiger partial charge in [-0.1, -0.05) is 13.3 Å². The molecule has 2 aromatic rings. The number of tetrazole rings is 1. The van der Waals surface area contributed by atoms with Gasteiger partial charge in [0.15, 0.2) is 5.82 Å². The van der Waals surface area contributed by atoms with E-state index in [9.17, 15) is 0 Å². The van der Waals surface area contributed by atoms with Crippen LogP contribution in [-0.4, -0.2) is 20.2 Å². The van der Waals surface area contributed by atoms with Crippen molar-refractivity contribution in [1.82, 2.24) is 20.2 Å². The number of hydrogen-bond donors (Lipinski definition) is 1. The van der Waals surface area contributed by atoms with Crippen molar-refractivity contribution >= 4 is 17.4 Å². The summed E-state index contributed by atoms with van der Waals surface area (Å²) in [6.07, 6.45) is 2.25. The minimum absolute atomic E-state index is 0.778. The van der Waals surface area contributed by atoms with Crippen molar-refractivity contribution in [3.63, 3.8) is 0 Å². The predicted molar refractivity (Wildman–Crippen MR) is 73.1 cm³/mol. The monoisotopic (exact) mass is 263 g/mol. The van der Waals surface area contributed by atoms with Gasteiger partial charge in [-0.05, 0) is 41.1 Å². The summed E-state index contributed by atoms with van der Waals surface area (Å²) in [7, 11) is 0. The molecule has 2 N–H and O–H groups in total. The minimum Gasteiger partial charge on any atom is -0.399 e. The average molecular weight is 263 g/mol. The van der Waals surface area contributed by atoms with Crippen molar-refractivity contribution in [2.75, 3.05) is 5.73 Å². The Labute approximate surface area is 111 Å². The number of benzene rings is 1. The Balaban J connectivity index is 1.93. The highest BCUT2D eigenvalue weighted by atomic mass is 32.2. The molecule has 0 saturated carbocycles. The number of unbranched alkanes of at least 4 members (excludes halogenated alkanes) is 1. The van der Waals surface area contributed by atoms with Crippen molar-refractivity contribution in [2.45, 2.75) is 37.0 Å². The molecule has 0 amide bonds. The first-order valence-corrected chi connectivity index (χ1v) is 7.01. The number of nitrogen functional groups attached to an aromatic ring is 1. The Morgan fingerprint density at radius 2 is 2.06 bits per heavy atom. The summed E-state index contributed by atoms with van der Waals surface area (Å²) >= 11 is 1.72. The second kappa shape index (κ2) is 6.39. The van der Waals surface area contributed by atoms with E-state index in [2.05, 4.69) is 22.4 Å². The summed E-state index contributed by atoms with van der Waals surface area (Å²) in [5.41, 5.74) is 6.44. The molecular weight excluding hydrogens is 246 g/mol. The van der Waals surface area contributed by atoms with Crippen molar-refractivity contribution in [2.24, 2.45) is 0 Å². The van der Waals surface area contributed by atoms with Crippen LogP contribution < -0.4 is 5.73 Å². The molecule has 1 aromatic heterocycles. The van der Waals surface area contributed by atoms with E-state index in [1.54, 1.807) is 11.8 Å². The number of rotatable bonds is 6. The lowest BCUT2D eigenvalue weighted by Crippen LogP contribution is -2.04. The highest BCUT2D eigenvalue weighted by Gasteiger charge is 2.06. The summed E-state index contributed by atoms with van der Waals surface area (Å²) in [5.74, 6) is 1.70. The molecule has 18 heavy (non-hydrogen) atoms. The lowest BCUT2D eigenvalue weighted by molar-refractivity contribution is 0.540. The normalized spacial score (nSPS) is 10.7. The second-order valence-corrected chi connectivity index (χ2v) is 5.08. The molecule has 5 nitrogen and oxygen atoms in total. The van der Waals surface area contributed by atoms with Gasteiger partial charge in [-0.3, -0.25) is 0 Å². The SMILES string of the molecule is CCCCn1nnnc1CSc1ccc(N)cc1. The van der Waals surface area contributed by atoms with E-state index >= 15 is 0 Å². The zero-order valence-electron chi connectivity index (χ0n) is 10.4. The van der Waals surface area contributed by atoms with Crippen molar-refractivity contribution in [3.05, 3.63) is 30.1 Å². The van der Waals surface area contributed by atoms with E-state index in [0.29, 0.717) is 0 Å². The lowest BCUT2D eigenvalue weighted by atomic mass is 10.3. The van der Waals surface area contributed by atoms with Crippen LogP contribution in [-0.2, 0) is 12.3 Å². The molecule has 2 rings (SSSR count). The molecule has 0 bridgehead atoms. The topological polar surface area (TPSA) is 69.6 Å². The fourth-order valence-corrected chi connectivity index (χ4v) is 2.35. The predicted octanol–water partition coefficient (Wildman–Crippen LogP) is 2.35. The maximum Gasteiger partial charge on any atom is 0.161 e. The first-order chi connectivity index (χ1) is 8.79. The summed E-state index contributed by atoms with van der Waals surface area (Å²) in [6.45, 7) is 3.05. The molecule has 0 atom stereocenters. The molecule has 0 aliphatic heterocycles. The van der Waals surface area contributed by atoms with Crippen LogP contribution in [0.15, 0.2) is 29.2 Å². The van der Waals surface area contributed by atoms with E-state index in [1.807, 2.05) is 28.9 Å². The van der Waals surface area contributed by atoms with Crippen LogP contribution in [0, 0.1) is 0 Å². The molecule has 0 radical (unpaired) electrons. The molecule has 0 unspecified atom stereocenters. The Kier molecular flexibility index (Phi) is 4.58. The zero-order chi connectivity index (χ0) is 12.8. The van der Waals surface area contributed by atoms with E-state index < -0.39 is 0 Å². The van der Waals surface area contributed by atoms with E-state index in [1.165, 1.54) is 4.90 Å². The quantitative estimate of drug-likeness (QED) is 0.640. The van der Waals surface area contributed by atoms with Gasteiger partial charge in [0.1, 0.15) is 0 Å². The van der Waals surface area contributed by atoms with E-state index in [4.69, 9.17) is 5.73 Å². The van der Waals surface area contributed by atoms with Gasteiger partial charge in [0.05, 0.1) is 5.75 Å². The molecule has 6 heteroatoms. The third-order valence-electron chi connectivity index (χ3n) is 2.58. The van der Waals surface area contributed by atoms with Gasteiger partial charge >= 0.3 is 0 Å². The maximum absolute atomic E-state index is 5.65. The standard InChI is InChI=1S/C12H17N5S/c1-2-3-8-17-12(14-15-16-17)9-18-11-6-4-10(13)5-7-11/h4-7H,2-3,8-9,13H2,1H3. The summed E-state index contributed by atoms with van der Waals surface area (Å²) in [5, 5.41) is 11.8.